The molecule has 74 heavy (non-hydrogen) atoms. The molecule has 12 nitrogen and oxygen atoms in total. The van der Waals surface area contributed by atoms with E-state index in [1.165, 1.54) is 244 Å². The van der Waals surface area contributed by atoms with Gasteiger partial charge in [0.15, 0.2) is 6.29 Å². The maximum atomic E-state index is 13.0. The summed E-state index contributed by atoms with van der Waals surface area (Å²) in [6.07, 6.45) is 54.0. The summed E-state index contributed by atoms with van der Waals surface area (Å²) in [5.41, 5.74) is 0. The normalized spacial score (nSPS) is 18.7. The average molecular weight is 1080 g/mol. The van der Waals surface area contributed by atoms with Crippen LogP contribution in [0.1, 0.15) is 309 Å². The van der Waals surface area contributed by atoms with E-state index < -0.39 is 53.8 Å². The second kappa shape index (κ2) is 52.5. The van der Waals surface area contributed by atoms with E-state index >= 15 is 0 Å². The summed E-state index contributed by atoms with van der Waals surface area (Å²) in [6, 6.07) is 0. The number of carbonyl (C=O) groups excluding carboxylic acids is 1. The van der Waals surface area contributed by atoms with E-state index in [1.54, 1.807) is 0 Å². The van der Waals surface area contributed by atoms with Crippen LogP contribution in [0.5, 0.6) is 0 Å². The molecule has 0 aromatic rings. The number of hydrogen-bond donors (Lipinski definition) is 4. The highest BCUT2D eigenvalue weighted by Gasteiger charge is 2.48. The molecule has 1 aliphatic heterocycles. The molecule has 0 aromatic carbocycles. The maximum absolute atomic E-state index is 13.0. The highest BCUT2D eigenvalue weighted by molar-refractivity contribution is 7.80. The third-order valence-electron chi connectivity index (χ3n) is 14.9. The lowest BCUT2D eigenvalue weighted by atomic mass is 9.99. The first-order chi connectivity index (χ1) is 36.1. The molecular weight excluding hydrogens is 957 g/mol. The van der Waals surface area contributed by atoms with Crippen LogP contribution in [0.3, 0.4) is 0 Å². The maximum Gasteiger partial charge on any atom is 0.397 e. The van der Waals surface area contributed by atoms with Gasteiger partial charge in [-0.15, -0.1) is 0 Å². The van der Waals surface area contributed by atoms with Crippen molar-refractivity contribution in [3.8, 4) is 0 Å². The lowest BCUT2D eigenvalue weighted by molar-refractivity contribution is -0.301. The Kier molecular flexibility index (Phi) is 50.3. The highest BCUT2D eigenvalue weighted by atomic mass is 32.3. The summed E-state index contributed by atoms with van der Waals surface area (Å²) in [5.74, 6) is -0.389. The van der Waals surface area contributed by atoms with Crippen molar-refractivity contribution in [1.29, 1.82) is 0 Å². The molecule has 0 spiro atoms. The minimum atomic E-state index is -5.07. The molecule has 6 unspecified atom stereocenters. The van der Waals surface area contributed by atoms with Gasteiger partial charge < -0.3 is 34.3 Å². The van der Waals surface area contributed by atoms with Gasteiger partial charge in [0.25, 0.3) is 0 Å². The summed E-state index contributed by atoms with van der Waals surface area (Å²) in [7, 11) is -5.07. The van der Waals surface area contributed by atoms with E-state index in [1.807, 2.05) is 0 Å². The van der Waals surface area contributed by atoms with Crippen LogP contribution >= 0.6 is 0 Å². The van der Waals surface area contributed by atoms with E-state index in [-0.39, 0.29) is 25.6 Å². The van der Waals surface area contributed by atoms with Crippen molar-refractivity contribution in [2.24, 2.45) is 0 Å². The van der Waals surface area contributed by atoms with Gasteiger partial charge in [0.05, 0.1) is 19.8 Å². The minimum absolute atomic E-state index is 0.0433. The molecule has 1 saturated heterocycles. The Morgan fingerprint density at radius 3 is 1.22 bits per heavy atom. The van der Waals surface area contributed by atoms with Crippen LogP contribution in [0.2, 0.25) is 0 Å². The van der Waals surface area contributed by atoms with Crippen LogP contribution in [0.4, 0.5) is 0 Å². The molecule has 0 radical (unpaired) electrons. The Labute approximate surface area is 455 Å². The summed E-state index contributed by atoms with van der Waals surface area (Å²) in [6.45, 7) is 4.08. The number of aliphatic hydroxyl groups excluding tert-OH is 3. The predicted molar refractivity (Wildman–Crippen MR) is 304 cm³/mol. The predicted octanol–water partition coefficient (Wildman–Crippen LogP) is 16.1. The number of carbonyl (C=O) groups is 1. The smallest absolute Gasteiger partial charge is 0.397 e. The van der Waals surface area contributed by atoms with Crippen molar-refractivity contribution in [3.63, 3.8) is 0 Å². The van der Waals surface area contributed by atoms with Crippen LogP contribution in [0.25, 0.3) is 0 Å². The van der Waals surface area contributed by atoms with Gasteiger partial charge in [-0.3, -0.25) is 9.35 Å². The van der Waals surface area contributed by atoms with Crippen LogP contribution in [-0.2, 0) is 38.3 Å². The van der Waals surface area contributed by atoms with E-state index in [0.29, 0.717) is 13.0 Å². The SMILES string of the molecule is CCCCCCCCCC/C=C\CCCCCCCCCCCCCCCCOCC(COC1OC(CO)C(O)C(OS(=O)(=O)O)C1O)OC(=O)CCCCCCCCCCCCCCCCCCCCCCC. The third-order valence-corrected chi connectivity index (χ3v) is 15.4. The molecule has 0 aromatic heterocycles. The molecular formula is C61H118O12S. The van der Waals surface area contributed by atoms with Gasteiger partial charge >= 0.3 is 16.4 Å². The molecule has 440 valence electrons. The fourth-order valence-electron chi connectivity index (χ4n) is 10.1. The van der Waals surface area contributed by atoms with Crippen molar-refractivity contribution >= 4 is 16.4 Å². The van der Waals surface area contributed by atoms with Crippen molar-refractivity contribution in [2.75, 3.05) is 26.4 Å². The highest BCUT2D eigenvalue weighted by Crippen LogP contribution is 2.26. The molecule has 0 aliphatic carbocycles. The number of ether oxygens (including phenoxy) is 4. The van der Waals surface area contributed by atoms with Gasteiger partial charge in [0.2, 0.25) is 0 Å². The van der Waals surface area contributed by atoms with Crippen LogP contribution < -0.4 is 0 Å². The van der Waals surface area contributed by atoms with Gasteiger partial charge in [-0.1, -0.05) is 276 Å². The van der Waals surface area contributed by atoms with E-state index in [4.69, 9.17) is 18.9 Å². The minimum Gasteiger partial charge on any atom is -0.457 e. The second-order valence-electron chi connectivity index (χ2n) is 22.0. The second-order valence-corrected chi connectivity index (χ2v) is 23.1. The van der Waals surface area contributed by atoms with E-state index in [2.05, 4.69) is 30.2 Å². The number of aliphatic hydroxyl groups is 3. The number of esters is 1. The Balaban J connectivity index is 2.23. The topological polar surface area (TPSA) is 178 Å². The Bertz CT molecular complexity index is 1330. The molecule has 1 heterocycles. The summed E-state index contributed by atoms with van der Waals surface area (Å²) in [5, 5.41) is 30.9. The molecule has 1 aliphatic rings. The molecule has 1 rings (SSSR count). The van der Waals surface area contributed by atoms with Crippen molar-refractivity contribution in [2.45, 2.75) is 346 Å². The number of hydrogen-bond acceptors (Lipinski definition) is 11. The Morgan fingerprint density at radius 2 is 0.851 bits per heavy atom. The number of rotatable bonds is 57. The quantitative estimate of drug-likeness (QED) is 0.0196. The first-order valence-corrected chi connectivity index (χ1v) is 32.8. The van der Waals surface area contributed by atoms with Gasteiger partial charge in [-0.2, -0.15) is 8.42 Å². The molecule has 6 atom stereocenters. The van der Waals surface area contributed by atoms with Crippen molar-refractivity contribution in [3.05, 3.63) is 12.2 Å². The zero-order valence-electron chi connectivity index (χ0n) is 47.9. The zero-order chi connectivity index (χ0) is 53.8. The molecule has 0 saturated carbocycles. The fourth-order valence-corrected chi connectivity index (χ4v) is 10.7. The standard InChI is InChI=1S/C61H118O12S/c1-3-5-7-9-11-13-15-17-19-21-23-25-26-27-28-29-31-33-35-37-39-41-43-45-47-49-51-69-53-55(54-70-61-59(65)60(73-74(66,67)68)58(64)56(52-62)72-61)71-57(63)50-48-46-44-42-40-38-36-34-32-30-24-22-20-18-16-14-12-10-8-6-4-2/h21,23,55-56,58-62,64-65H,3-20,22,24-54H2,1-2H3,(H,66,67,68)/b23-21-. The lowest BCUT2D eigenvalue weighted by Crippen LogP contribution is -2.60. The molecule has 13 heteroatoms. The summed E-state index contributed by atoms with van der Waals surface area (Å²) >= 11 is 0. The molecule has 0 bridgehead atoms. The van der Waals surface area contributed by atoms with Gasteiger partial charge in [0, 0.05) is 13.0 Å². The first kappa shape index (κ1) is 70.9. The third kappa shape index (κ3) is 44.8. The average Bonchev–Trinajstić information content (AvgIpc) is 3.38. The molecule has 1 fully saturated rings. The Hall–Kier alpha value is -1.16. The van der Waals surface area contributed by atoms with E-state index in [9.17, 15) is 33.1 Å². The lowest BCUT2D eigenvalue weighted by Gasteiger charge is -2.41. The number of allylic oxidation sites excluding steroid dienone is 2. The van der Waals surface area contributed by atoms with Crippen LogP contribution in [0, 0.1) is 0 Å². The summed E-state index contributed by atoms with van der Waals surface area (Å²) in [4.78, 5) is 13.0. The van der Waals surface area contributed by atoms with Crippen molar-refractivity contribution < 1.29 is 56.2 Å². The first-order valence-electron chi connectivity index (χ1n) is 31.4. The monoisotopic (exact) mass is 1070 g/mol. The molecule has 4 N–H and O–H groups in total. The van der Waals surface area contributed by atoms with Gasteiger partial charge in [-0.05, 0) is 38.5 Å². The summed E-state index contributed by atoms with van der Waals surface area (Å²) < 4.78 is 59.5. The van der Waals surface area contributed by atoms with Crippen molar-refractivity contribution in [1.82, 2.24) is 0 Å². The zero-order valence-corrected chi connectivity index (χ0v) is 48.8. The Morgan fingerprint density at radius 1 is 0.500 bits per heavy atom. The number of unbranched alkanes of at least 4 members (excludes halogenated alkanes) is 42. The largest absolute Gasteiger partial charge is 0.457 e. The van der Waals surface area contributed by atoms with Gasteiger partial charge in [0.1, 0.15) is 30.5 Å². The van der Waals surface area contributed by atoms with E-state index in [0.717, 1.165) is 38.5 Å². The fraction of sp³-hybridized carbons (Fsp3) is 0.951. The van der Waals surface area contributed by atoms with Crippen LogP contribution in [0.15, 0.2) is 12.2 Å². The van der Waals surface area contributed by atoms with Crippen LogP contribution in [-0.4, -0.2) is 97.5 Å². The molecule has 0 amide bonds. The van der Waals surface area contributed by atoms with Gasteiger partial charge in [-0.25, -0.2) is 4.18 Å².